The van der Waals surface area contributed by atoms with Crippen LogP contribution in [0.15, 0.2) is 16.7 Å². The number of allylic oxidation sites excluding steroid dienone is 4. The molecule has 0 heterocycles. The van der Waals surface area contributed by atoms with Crippen molar-refractivity contribution in [3.63, 3.8) is 0 Å². The fraction of sp³-hybridized carbons (Fsp3) is 0.600. The van der Waals surface area contributed by atoms with Crippen LogP contribution >= 0.6 is 0 Å². The molecular weight excluding hydrogens is 373 g/mol. The maximum Gasteiger partial charge on any atom is 4.00 e. The van der Waals surface area contributed by atoms with Crippen molar-refractivity contribution in [2.24, 2.45) is 5.92 Å². The standard InChI is InChI=1S/C9H13.C4H10N.2CH3.Hf/c1-6-5-7(2)9(4)8(6)3;1-4(2,3)5;;;/h6H,1-4H3;5H,1-3H3;2*1H3;/q4*-1;+4. The molecule has 0 radical (unpaired) electrons. The Labute approximate surface area is 129 Å². The van der Waals surface area contributed by atoms with Gasteiger partial charge in [0.15, 0.2) is 0 Å². The summed E-state index contributed by atoms with van der Waals surface area (Å²) in [5, 5.41) is 0. The number of rotatable bonds is 0. The summed E-state index contributed by atoms with van der Waals surface area (Å²) in [6.07, 6.45) is 3.36. The van der Waals surface area contributed by atoms with E-state index >= 15 is 0 Å². The number of hydrogen-bond acceptors (Lipinski definition) is 0. The second-order valence-corrected chi connectivity index (χ2v) is 5.05. The molecule has 2 heteroatoms. The first kappa shape index (κ1) is 26.0. The van der Waals surface area contributed by atoms with Gasteiger partial charge in [0, 0.05) is 0 Å². The Bertz CT molecular complexity index is 251. The van der Waals surface area contributed by atoms with Crippen LogP contribution in [0.4, 0.5) is 0 Å². The van der Waals surface area contributed by atoms with Crippen LogP contribution in [0, 0.1) is 26.8 Å². The Morgan fingerprint density at radius 3 is 1.41 bits per heavy atom. The van der Waals surface area contributed by atoms with Crippen molar-refractivity contribution < 1.29 is 25.8 Å². The Morgan fingerprint density at radius 2 is 1.35 bits per heavy atom. The monoisotopic (exact) mass is 403 g/mol. The number of hydrogen-bond donors (Lipinski definition) is 0. The van der Waals surface area contributed by atoms with Gasteiger partial charge < -0.3 is 20.6 Å². The molecule has 0 saturated heterocycles. The predicted molar refractivity (Wildman–Crippen MR) is 76.9 cm³/mol. The van der Waals surface area contributed by atoms with Crippen molar-refractivity contribution in [1.82, 2.24) is 0 Å². The molecule has 1 aliphatic rings. The molecule has 1 aliphatic carbocycles. The summed E-state index contributed by atoms with van der Waals surface area (Å²) in [4.78, 5) is 0. The van der Waals surface area contributed by atoms with E-state index in [0.717, 1.165) is 0 Å². The van der Waals surface area contributed by atoms with E-state index in [2.05, 4.69) is 33.8 Å². The molecule has 0 aromatic heterocycles. The van der Waals surface area contributed by atoms with Crippen molar-refractivity contribution in [2.45, 2.75) is 54.0 Å². The van der Waals surface area contributed by atoms with E-state index in [1.165, 1.54) is 16.7 Å². The van der Waals surface area contributed by atoms with Crippen molar-refractivity contribution in [2.75, 3.05) is 0 Å². The fourth-order valence-electron chi connectivity index (χ4n) is 1.16. The van der Waals surface area contributed by atoms with Crippen molar-refractivity contribution in [1.29, 1.82) is 0 Å². The van der Waals surface area contributed by atoms with Crippen LogP contribution in [0.1, 0.15) is 48.5 Å². The molecule has 1 nitrogen and oxygen atoms in total. The average Bonchev–Trinajstić information content (AvgIpc) is 2.14. The third-order valence-corrected chi connectivity index (χ3v) is 2.24. The van der Waals surface area contributed by atoms with E-state index in [0.29, 0.717) is 5.92 Å². The van der Waals surface area contributed by atoms with Gasteiger partial charge in [0.05, 0.1) is 0 Å². The Kier molecular flexibility index (Phi) is 15.7. The number of nitrogens with one attached hydrogen (secondary N) is 1. The van der Waals surface area contributed by atoms with Crippen LogP contribution in [0.5, 0.6) is 0 Å². The fourth-order valence-corrected chi connectivity index (χ4v) is 1.16. The van der Waals surface area contributed by atoms with Gasteiger partial charge in [-0.2, -0.15) is 11.1 Å². The first-order chi connectivity index (χ1) is 6.13. The molecule has 1 rings (SSSR count). The molecule has 0 fully saturated rings. The van der Waals surface area contributed by atoms with Gasteiger partial charge in [-0.05, 0) is 0 Å². The van der Waals surface area contributed by atoms with Crippen LogP contribution in [-0.2, 0) is 25.8 Å². The van der Waals surface area contributed by atoms with E-state index in [4.69, 9.17) is 5.73 Å². The van der Waals surface area contributed by atoms with Crippen LogP contribution in [0.2, 0.25) is 0 Å². The van der Waals surface area contributed by atoms with Crippen molar-refractivity contribution in [3.8, 4) is 0 Å². The van der Waals surface area contributed by atoms with Gasteiger partial charge in [0.1, 0.15) is 0 Å². The Balaban J connectivity index is -0.0000000948. The van der Waals surface area contributed by atoms with E-state index in [1.807, 2.05) is 20.8 Å². The minimum absolute atomic E-state index is 0. The second kappa shape index (κ2) is 10.3. The van der Waals surface area contributed by atoms with Gasteiger partial charge in [-0.3, -0.25) is 6.08 Å². The van der Waals surface area contributed by atoms with Gasteiger partial charge in [0.25, 0.3) is 0 Å². The summed E-state index contributed by atoms with van der Waals surface area (Å²) < 4.78 is 0. The quantitative estimate of drug-likeness (QED) is 0.380. The normalized spacial score (nSPS) is 17.9. The molecule has 17 heavy (non-hydrogen) atoms. The molecule has 0 aliphatic heterocycles. The van der Waals surface area contributed by atoms with Gasteiger partial charge in [-0.1, -0.05) is 47.5 Å². The predicted octanol–water partition coefficient (Wildman–Crippen LogP) is 5.46. The van der Waals surface area contributed by atoms with Gasteiger partial charge in [-0.25, -0.2) is 5.57 Å². The summed E-state index contributed by atoms with van der Waals surface area (Å²) in [6.45, 7) is 14.2. The molecule has 0 bridgehead atoms. The topological polar surface area (TPSA) is 23.8 Å². The molecule has 0 saturated carbocycles. The zero-order valence-corrected chi connectivity index (χ0v) is 16.7. The molecule has 0 spiro atoms. The summed E-state index contributed by atoms with van der Waals surface area (Å²) in [5.41, 5.74) is 10.9. The van der Waals surface area contributed by atoms with E-state index in [-0.39, 0.29) is 46.2 Å². The van der Waals surface area contributed by atoms with Crippen LogP contribution in [0.3, 0.4) is 0 Å². The molecule has 1 unspecified atom stereocenters. The first-order valence-electron chi connectivity index (χ1n) is 5.15. The molecule has 0 aromatic rings. The summed E-state index contributed by atoms with van der Waals surface area (Å²) >= 11 is 0. The van der Waals surface area contributed by atoms with E-state index in [9.17, 15) is 0 Å². The first-order valence-corrected chi connectivity index (χ1v) is 5.15. The van der Waals surface area contributed by atoms with E-state index in [1.54, 1.807) is 0 Å². The minimum atomic E-state index is -0.250. The van der Waals surface area contributed by atoms with Crippen LogP contribution in [-0.4, -0.2) is 5.54 Å². The molecule has 0 aromatic carbocycles. The van der Waals surface area contributed by atoms with Gasteiger partial charge in [-0.15, -0.1) is 12.5 Å². The molecule has 1 atom stereocenters. The Hall–Kier alpha value is 0.310. The van der Waals surface area contributed by atoms with Gasteiger partial charge >= 0.3 is 25.8 Å². The maximum atomic E-state index is 6.94. The second-order valence-electron chi connectivity index (χ2n) is 5.05. The third kappa shape index (κ3) is 12.6. The van der Waals surface area contributed by atoms with Crippen molar-refractivity contribution in [3.05, 3.63) is 43.4 Å². The maximum absolute atomic E-state index is 6.94. The van der Waals surface area contributed by atoms with E-state index < -0.39 is 0 Å². The zero-order valence-electron chi connectivity index (χ0n) is 13.1. The average molecular weight is 402 g/mol. The largest absolute Gasteiger partial charge is 4.00 e. The summed E-state index contributed by atoms with van der Waals surface area (Å²) in [5.74, 6) is 0.560. The van der Waals surface area contributed by atoms with Crippen LogP contribution < -0.4 is 0 Å². The smallest absolute Gasteiger partial charge is 0.673 e. The molecule has 98 valence electrons. The van der Waals surface area contributed by atoms with Crippen molar-refractivity contribution >= 4 is 0 Å². The van der Waals surface area contributed by atoms with Gasteiger partial charge in [0.2, 0.25) is 0 Å². The summed E-state index contributed by atoms with van der Waals surface area (Å²) in [6, 6.07) is 0. The molecule has 0 amide bonds. The molecule has 1 N–H and O–H groups in total. The molecular formula is C15H29HfN. The zero-order chi connectivity index (χ0) is 11.5. The SMILES string of the molecule is CC(C)(C)[NH-].CC1=[C-]C(C)C(C)=C1C.[CH3-].[CH3-].[Hf+4]. The third-order valence-electron chi connectivity index (χ3n) is 2.24. The Morgan fingerprint density at radius 1 is 1.06 bits per heavy atom. The summed E-state index contributed by atoms with van der Waals surface area (Å²) in [7, 11) is 0. The minimum Gasteiger partial charge on any atom is -0.673 e. The van der Waals surface area contributed by atoms with Crippen LogP contribution in [0.25, 0.3) is 5.73 Å².